The fourth-order valence-corrected chi connectivity index (χ4v) is 3.49. The molecule has 0 saturated carbocycles. The Hall–Kier alpha value is -3.42. The normalized spacial score (nSPS) is 16.2. The Morgan fingerprint density at radius 3 is 2.62 bits per heavy atom. The molecule has 0 radical (unpaired) electrons. The van der Waals surface area contributed by atoms with Gasteiger partial charge in [-0.1, -0.05) is 18.2 Å². The fourth-order valence-electron chi connectivity index (χ4n) is 3.49. The summed E-state index contributed by atoms with van der Waals surface area (Å²) in [7, 11) is 0. The fraction of sp³-hybridized carbons (Fsp3) is 0.333. The molecule has 1 aliphatic rings. The van der Waals surface area contributed by atoms with Crippen molar-refractivity contribution in [2.45, 2.75) is 26.7 Å². The van der Waals surface area contributed by atoms with Crippen molar-refractivity contribution < 1.29 is 14.5 Å². The number of hydrogen-bond acceptors (Lipinski definition) is 4. The second-order valence-electron chi connectivity index (χ2n) is 7.28. The van der Waals surface area contributed by atoms with Crippen molar-refractivity contribution in [3.8, 4) is 0 Å². The van der Waals surface area contributed by atoms with Crippen molar-refractivity contribution in [3.63, 3.8) is 0 Å². The van der Waals surface area contributed by atoms with E-state index in [4.69, 9.17) is 0 Å². The zero-order chi connectivity index (χ0) is 21.0. The van der Waals surface area contributed by atoms with Crippen LogP contribution in [0.4, 0.5) is 21.9 Å². The molecule has 3 amide bonds. The van der Waals surface area contributed by atoms with Crippen molar-refractivity contribution in [1.29, 1.82) is 0 Å². The highest BCUT2D eigenvalue weighted by atomic mass is 16.6. The molecule has 0 bridgehead atoms. The van der Waals surface area contributed by atoms with Crippen LogP contribution in [0.3, 0.4) is 0 Å². The van der Waals surface area contributed by atoms with Gasteiger partial charge in [0.2, 0.25) is 5.91 Å². The van der Waals surface area contributed by atoms with Gasteiger partial charge in [-0.2, -0.15) is 0 Å². The number of anilines is 2. The molecule has 8 heteroatoms. The predicted octanol–water partition coefficient (Wildman–Crippen LogP) is 4.09. The minimum absolute atomic E-state index is 0.0365. The van der Waals surface area contributed by atoms with E-state index in [2.05, 4.69) is 10.6 Å². The molecular formula is C21H24N4O4. The number of piperidine rings is 1. The smallest absolute Gasteiger partial charge is 0.321 e. The van der Waals surface area contributed by atoms with E-state index in [0.717, 1.165) is 5.56 Å². The first-order chi connectivity index (χ1) is 13.8. The largest absolute Gasteiger partial charge is 0.325 e. The lowest BCUT2D eigenvalue weighted by Gasteiger charge is -2.32. The molecule has 29 heavy (non-hydrogen) atoms. The molecule has 0 aliphatic carbocycles. The number of amides is 3. The van der Waals surface area contributed by atoms with Crippen LogP contribution in [-0.4, -0.2) is 34.9 Å². The first kappa shape index (κ1) is 20.3. The quantitative estimate of drug-likeness (QED) is 0.600. The Kier molecular flexibility index (Phi) is 6.11. The Bertz CT molecular complexity index is 944. The van der Waals surface area contributed by atoms with Gasteiger partial charge in [-0.3, -0.25) is 14.9 Å². The lowest BCUT2D eigenvalue weighted by Crippen LogP contribution is -2.45. The highest BCUT2D eigenvalue weighted by Gasteiger charge is 2.29. The Labute approximate surface area is 169 Å². The van der Waals surface area contributed by atoms with Crippen LogP contribution in [-0.2, 0) is 4.79 Å². The molecular weight excluding hydrogens is 372 g/mol. The Morgan fingerprint density at radius 2 is 1.90 bits per heavy atom. The molecule has 1 aliphatic heterocycles. The SMILES string of the molecule is Cc1cccc(NC(=O)N2CCCC(C(=O)Nc3cccc([N+](=O)[O-])c3C)C2)c1. The number of urea groups is 1. The van der Waals surface area contributed by atoms with E-state index >= 15 is 0 Å². The molecule has 0 spiro atoms. The lowest BCUT2D eigenvalue weighted by atomic mass is 9.97. The molecule has 2 N–H and O–H groups in total. The summed E-state index contributed by atoms with van der Waals surface area (Å²) in [5.41, 5.74) is 2.56. The van der Waals surface area contributed by atoms with Gasteiger partial charge >= 0.3 is 6.03 Å². The van der Waals surface area contributed by atoms with Gasteiger partial charge in [0.15, 0.2) is 0 Å². The van der Waals surface area contributed by atoms with E-state index in [1.54, 1.807) is 24.0 Å². The third-order valence-corrected chi connectivity index (χ3v) is 5.11. The number of carbonyl (C=O) groups excluding carboxylic acids is 2. The zero-order valence-corrected chi connectivity index (χ0v) is 16.5. The number of nitro groups is 1. The molecule has 1 saturated heterocycles. The number of aryl methyl sites for hydroxylation is 1. The molecule has 3 rings (SSSR count). The predicted molar refractivity (Wildman–Crippen MR) is 111 cm³/mol. The topological polar surface area (TPSA) is 105 Å². The maximum absolute atomic E-state index is 12.7. The van der Waals surface area contributed by atoms with Crippen molar-refractivity contribution in [3.05, 3.63) is 63.7 Å². The summed E-state index contributed by atoms with van der Waals surface area (Å²) in [5.74, 6) is -0.604. The molecule has 1 atom stereocenters. The van der Waals surface area contributed by atoms with E-state index in [0.29, 0.717) is 42.9 Å². The van der Waals surface area contributed by atoms with Gasteiger partial charge in [-0.05, 0) is 50.5 Å². The van der Waals surface area contributed by atoms with Crippen LogP contribution in [0, 0.1) is 29.9 Å². The molecule has 0 aromatic heterocycles. The Balaban J connectivity index is 1.64. The first-order valence-electron chi connectivity index (χ1n) is 9.52. The number of hydrogen-bond donors (Lipinski definition) is 2. The van der Waals surface area contributed by atoms with Gasteiger partial charge in [-0.25, -0.2) is 4.79 Å². The van der Waals surface area contributed by atoms with Gasteiger partial charge in [0.05, 0.1) is 22.1 Å². The summed E-state index contributed by atoms with van der Waals surface area (Å²) < 4.78 is 0. The lowest BCUT2D eigenvalue weighted by molar-refractivity contribution is -0.385. The molecule has 1 fully saturated rings. The molecule has 8 nitrogen and oxygen atoms in total. The minimum Gasteiger partial charge on any atom is -0.325 e. The average molecular weight is 396 g/mol. The van der Waals surface area contributed by atoms with E-state index in [1.165, 1.54) is 6.07 Å². The second kappa shape index (κ2) is 8.72. The molecule has 1 unspecified atom stereocenters. The van der Waals surface area contributed by atoms with Crippen LogP contribution in [0.25, 0.3) is 0 Å². The third-order valence-electron chi connectivity index (χ3n) is 5.11. The first-order valence-corrected chi connectivity index (χ1v) is 9.52. The highest BCUT2D eigenvalue weighted by molar-refractivity contribution is 5.95. The number of carbonyl (C=O) groups is 2. The number of nitro benzene ring substituents is 1. The summed E-state index contributed by atoms with van der Waals surface area (Å²) in [6.45, 7) is 4.44. The van der Waals surface area contributed by atoms with Gasteiger partial charge in [-0.15, -0.1) is 0 Å². The number of benzene rings is 2. The Morgan fingerprint density at radius 1 is 1.14 bits per heavy atom. The number of nitrogens with zero attached hydrogens (tertiary/aromatic N) is 2. The van der Waals surface area contributed by atoms with Crippen LogP contribution < -0.4 is 10.6 Å². The van der Waals surface area contributed by atoms with Gasteiger partial charge in [0, 0.05) is 24.8 Å². The van der Waals surface area contributed by atoms with Crippen LogP contribution in [0.2, 0.25) is 0 Å². The average Bonchev–Trinajstić information content (AvgIpc) is 2.69. The molecule has 152 valence electrons. The van der Waals surface area contributed by atoms with Crippen LogP contribution >= 0.6 is 0 Å². The molecule has 2 aromatic carbocycles. The number of nitrogens with one attached hydrogen (secondary N) is 2. The summed E-state index contributed by atoms with van der Waals surface area (Å²) in [6, 6.07) is 11.9. The second-order valence-corrected chi connectivity index (χ2v) is 7.28. The molecule has 1 heterocycles. The van der Waals surface area contributed by atoms with E-state index in [-0.39, 0.29) is 23.5 Å². The van der Waals surface area contributed by atoms with Gasteiger partial charge in [0.1, 0.15) is 0 Å². The monoisotopic (exact) mass is 396 g/mol. The summed E-state index contributed by atoms with van der Waals surface area (Å²) in [4.78, 5) is 37.6. The van der Waals surface area contributed by atoms with Crippen LogP contribution in [0.15, 0.2) is 42.5 Å². The maximum Gasteiger partial charge on any atom is 0.321 e. The highest BCUT2D eigenvalue weighted by Crippen LogP contribution is 2.26. The van der Waals surface area contributed by atoms with E-state index in [9.17, 15) is 19.7 Å². The van der Waals surface area contributed by atoms with Crippen LogP contribution in [0.5, 0.6) is 0 Å². The summed E-state index contributed by atoms with van der Waals surface area (Å²) in [6.07, 6.45) is 1.38. The number of likely N-dealkylation sites (tertiary alicyclic amines) is 1. The van der Waals surface area contributed by atoms with Gasteiger partial charge in [0.25, 0.3) is 5.69 Å². The standard InChI is InChI=1S/C21H24N4O4/c1-14-6-3-8-17(12-14)22-21(27)24-11-5-7-16(13-24)20(26)23-18-9-4-10-19(15(18)2)25(28)29/h3-4,6,8-10,12,16H,5,7,11,13H2,1-2H3,(H,22,27)(H,23,26). The van der Waals surface area contributed by atoms with E-state index < -0.39 is 4.92 Å². The zero-order valence-electron chi connectivity index (χ0n) is 16.5. The minimum atomic E-state index is -0.469. The summed E-state index contributed by atoms with van der Waals surface area (Å²) >= 11 is 0. The van der Waals surface area contributed by atoms with Gasteiger partial charge < -0.3 is 15.5 Å². The summed E-state index contributed by atoms with van der Waals surface area (Å²) in [5, 5.41) is 16.8. The van der Waals surface area contributed by atoms with E-state index in [1.807, 2.05) is 31.2 Å². The van der Waals surface area contributed by atoms with Crippen molar-refractivity contribution in [2.75, 3.05) is 23.7 Å². The van der Waals surface area contributed by atoms with Crippen molar-refractivity contribution in [1.82, 2.24) is 4.90 Å². The van der Waals surface area contributed by atoms with Crippen molar-refractivity contribution >= 4 is 29.0 Å². The van der Waals surface area contributed by atoms with Crippen LogP contribution in [0.1, 0.15) is 24.0 Å². The molecule has 2 aromatic rings. The number of rotatable bonds is 4. The van der Waals surface area contributed by atoms with Crippen molar-refractivity contribution in [2.24, 2.45) is 5.92 Å². The maximum atomic E-state index is 12.7. The third kappa shape index (κ3) is 4.90.